The summed E-state index contributed by atoms with van der Waals surface area (Å²) in [5, 5.41) is 12.7. The topological polar surface area (TPSA) is 34.0 Å². The van der Waals surface area contributed by atoms with Gasteiger partial charge in [-0.1, -0.05) is 11.8 Å². The lowest BCUT2D eigenvalue weighted by Gasteiger charge is -2.30. The summed E-state index contributed by atoms with van der Waals surface area (Å²) in [7, 11) is 8.04. The van der Waals surface area contributed by atoms with Crippen molar-refractivity contribution in [2.45, 2.75) is 9.79 Å². The lowest BCUT2D eigenvalue weighted by Crippen LogP contribution is -2.97. The molecule has 0 bridgehead atoms. The monoisotopic (exact) mass is 301 g/mol. The van der Waals surface area contributed by atoms with Crippen LogP contribution in [0.15, 0.2) is 46.2 Å². The normalized spacial score (nSPS) is 13.6. The van der Waals surface area contributed by atoms with E-state index in [1.807, 2.05) is 52.5 Å². The van der Waals surface area contributed by atoms with Gasteiger partial charge in [0.2, 0.25) is 0 Å². The first-order valence-electron chi connectivity index (χ1n) is 6.82. The minimum absolute atomic E-state index is 0.120. The van der Waals surface area contributed by atoms with E-state index in [9.17, 15) is 5.21 Å². The summed E-state index contributed by atoms with van der Waals surface area (Å²) in [5.74, 6) is 0. The maximum absolute atomic E-state index is 12.6. The average Bonchev–Trinajstić information content (AvgIpc) is 2.46. The average molecular weight is 301 g/mol. The van der Waals surface area contributed by atoms with Gasteiger partial charge >= 0.3 is 0 Å². The summed E-state index contributed by atoms with van der Waals surface area (Å²) in [6, 6.07) is 12.0. The van der Waals surface area contributed by atoms with Gasteiger partial charge in [-0.3, -0.25) is 0 Å². The van der Waals surface area contributed by atoms with Gasteiger partial charge in [0.25, 0.3) is 0 Å². The molecule has 1 aliphatic heterocycles. The molecule has 5 heteroatoms. The third-order valence-corrected chi connectivity index (χ3v) is 4.79. The van der Waals surface area contributed by atoms with Gasteiger partial charge in [-0.2, -0.15) is 0 Å². The Balaban J connectivity index is 2.06. The lowest BCUT2D eigenvalue weighted by molar-refractivity contribution is -0.703. The van der Waals surface area contributed by atoms with E-state index < -0.39 is 0 Å². The molecule has 21 heavy (non-hydrogen) atoms. The number of rotatable bonds is 2. The minimum Gasteiger partial charge on any atom is -0.623 e. The largest absolute Gasteiger partial charge is 0.623 e. The van der Waals surface area contributed by atoms with Crippen LogP contribution < -0.4 is 14.9 Å². The van der Waals surface area contributed by atoms with Crippen LogP contribution in [-0.2, 0) is 0 Å². The van der Waals surface area contributed by atoms with Crippen molar-refractivity contribution in [2.75, 3.05) is 38.0 Å². The number of anilines is 2. The molecule has 0 fully saturated rings. The predicted molar refractivity (Wildman–Crippen MR) is 89.3 cm³/mol. The van der Waals surface area contributed by atoms with E-state index >= 15 is 0 Å². The van der Waals surface area contributed by atoms with Crippen molar-refractivity contribution in [1.82, 2.24) is 0 Å². The Morgan fingerprint density at radius 2 is 1.24 bits per heavy atom. The first-order valence-corrected chi connectivity index (χ1v) is 7.64. The number of hydrogen-bond donors (Lipinski definition) is 1. The van der Waals surface area contributed by atoms with Gasteiger partial charge < -0.3 is 20.1 Å². The van der Waals surface area contributed by atoms with Crippen LogP contribution in [0.1, 0.15) is 0 Å². The van der Waals surface area contributed by atoms with Crippen molar-refractivity contribution in [2.24, 2.45) is 0 Å². The summed E-state index contributed by atoms with van der Waals surface area (Å²) < 4.78 is 0. The van der Waals surface area contributed by atoms with Crippen molar-refractivity contribution in [1.29, 1.82) is 0 Å². The fourth-order valence-corrected chi connectivity index (χ4v) is 3.52. The summed E-state index contributed by atoms with van der Waals surface area (Å²) >= 11 is 1.68. The molecule has 0 radical (unpaired) electrons. The van der Waals surface area contributed by atoms with Crippen molar-refractivity contribution in [3.63, 3.8) is 0 Å². The molecule has 2 aromatic carbocycles. The molecule has 2 aromatic rings. The van der Waals surface area contributed by atoms with Crippen LogP contribution in [0.25, 0.3) is 0 Å². The third kappa shape index (κ3) is 2.48. The maximum atomic E-state index is 12.6. The highest BCUT2D eigenvalue weighted by molar-refractivity contribution is 7.99. The molecule has 1 N–H and O–H groups in total. The molecule has 0 aromatic heterocycles. The first-order chi connectivity index (χ1) is 9.97. The smallest absolute Gasteiger partial charge is 0.150 e. The molecule has 1 heterocycles. The van der Waals surface area contributed by atoms with E-state index in [1.165, 1.54) is 0 Å². The van der Waals surface area contributed by atoms with Gasteiger partial charge in [0.15, 0.2) is 11.4 Å². The summed E-state index contributed by atoms with van der Waals surface area (Å²) in [5.41, 5.74) is 3.83. The summed E-state index contributed by atoms with van der Waals surface area (Å²) in [4.78, 5) is 6.18. The van der Waals surface area contributed by atoms with Crippen molar-refractivity contribution in [3.8, 4) is 0 Å². The van der Waals surface area contributed by atoms with Crippen LogP contribution in [0.2, 0.25) is 0 Å². The molecule has 0 unspecified atom stereocenters. The maximum Gasteiger partial charge on any atom is 0.150 e. The van der Waals surface area contributed by atoms with Gasteiger partial charge in [0.05, 0.1) is 9.79 Å². The van der Waals surface area contributed by atoms with E-state index in [4.69, 9.17) is 0 Å². The van der Waals surface area contributed by atoms with E-state index in [0.717, 1.165) is 32.5 Å². The standard InChI is InChI=1S/C16H19N3OS/c1-17(2)11-5-7-13-15(9-11)21-16-10-12(18(3)4)6-8-14(16)19(13)20/h5-10,19H,1-4H3. The van der Waals surface area contributed by atoms with E-state index in [0.29, 0.717) is 0 Å². The van der Waals surface area contributed by atoms with Crippen LogP contribution in [0.5, 0.6) is 0 Å². The van der Waals surface area contributed by atoms with Crippen LogP contribution in [0.4, 0.5) is 22.7 Å². The molecular weight excluding hydrogens is 282 g/mol. The van der Waals surface area contributed by atoms with Crippen molar-refractivity contribution < 1.29 is 5.06 Å². The fraction of sp³-hybridized carbons (Fsp3) is 0.250. The molecule has 0 atom stereocenters. The second-order valence-electron chi connectivity index (χ2n) is 5.58. The highest BCUT2D eigenvalue weighted by atomic mass is 32.2. The Kier molecular flexibility index (Phi) is 3.57. The number of fused-ring (bicyclic) bond motifs is 2. The van der Waals surface area contributed by atoms with Gasteiger partial charge in [-0.15, -0.1) is 0 Å². The summed E-state index contributed by atoms with van der Waals surface area (Å²) in [6.07, 6.45) is 0. The van der Waals surface area contributed by atoms with Gasteiger partial charge in [-0.25, -0.2) is 0 Å². The Labute approximate surface area is 129 Å². The molecule has 0 saturated carbocycles. The van der Waals surface area contributed by atoms with E-state index in [1.54, 1.807) is 11.8 Å². The Hall–Kier alpha value is -1.69. The fourth-order valence-electron chi connectivity index (χ4n) is 2.39. The van der Waals surface area contributed by atoms with Crippen molar-refractivity contribution in [3.05, 3.63) is 41.6 Å². The van der Waals surface area contributed by atoms with Crippen LogP contribution >= 0.6 is 11.8 Å². The van der Waals surface area contributed by atoms with Crippen LogP contribution in [-0.4, -0.2) is 28.2 Å². The van der Waals surface area contributed by atoms with Crippen LogP contribution in [0.3, 0.4) is 0 Å². The van der Waals surface area contributed by atoms with Crippen molar-refractivity contribution >= 4 is 34.5 Å². The molecule has 4 nitrogen and oxygen atoms in total. The molecule has 0 aliphatic carbocycles. The molecule has 0 amide bonds. The quantitative estimate of drug-likeness (QED) is 0.865. The third-order valence-electron chi connectivity index (χ3n) is 3.67. The summed E-state index contributed by atoms with van der Waals surface area (Å²) in [6.45, 7) is 0. The molecule has 110 valence electrons. The second-order valence-corrected chi connectivity index (χ2v) is 6.66. The van der Waals surface area contributed by atoms with E-state index in [-0.39, 0.29) is 5.06 Å². The zero-order valence-electron chi connectivity index (χ0n) is 12.7. The number of benzene rings is 2. The SMILES string of the molecule is CN(C)c1ccc2c(c1)Sc1cc(N(C)C)ccc1[NH+]2[O-]. The molecule has 0 saturated heterocycles. The van der Waals surface area contributed by atoms with Crippen LogP contribution in [0, 0.1) is 5.21 Å². The van der Waals surface area contributed by atoms with Gasteiger partial charge in [0, 0.05) is 51.7 Å². The second kappa shape index (κ2) is 5.26. The minimum atomic E-state index is 0.120. The zero-order valence-corrected chi connectivity index (χ0v) is 13.5. The number of nitrogens with one attached hydrogen (secondary N) is 1. The van der Waals surface area contributed by atoms with E-state index in [2.05, 4.69) is 21.9 Å². The Bertz CT molecular complexity index is 628. The molecule has 0 spiro atoms. The van der Waals surface area contributed by atoms with Gasteiger partial charge in [0.1, 0.15) is 0 Å². The highest BCUT2D eigenvalue weighted by Crippen LogP contribution is 2.42. The number of quaternary nitrogens is 1. The predicted octanol–water partition coefficient (Wildman–Crippen LogP) is 2.63. The molecule has 1 aliphatic rings. The molecular formula is C16H19N3OS. The molecule has 3 rings (SSSR count). The highest BCUT2D eigenvalue weighted by Gasteiger charge is 2.24. The van der Waals surface area contributed by atoms with Gasteiger partial charge in [-0.05, 0) is 24.3 Å². The number of hydrogen-bond acceptors (Lipinski definition) is 4. The number of nitrogens with zero attached hydrogens (tertiary/aromatic N) is 2. The first kappa shape index (κ1) is 14.3. The lowest BCUT2D eigenvalue weighted by atomic mass is 10.2. The Morgan fingerprint density at radius 1 is 0.810 bits per heavy atom. The Morgan fingerprint density at radius 3 is 1.62 bits per heavy atom. The zero-order chi connectivity index (χ0) is 15.1.